The molecule has 5 heteroatoms. The van der Waals surface area contributed by atoms with Gasteiger partial charge in [0.1, 0.15) is 5.37 Å². The minimum absolute atomic E-state index is 0.0858. The number of hydrogen-bond donors (Lipinski definition) is 0. The summed E-state index contributed by atoms with van der Waals surface area (Å²) in [6.07, 6.45) is 8.93. The standard InChI is InChI=1S/C22H33NO3S/c1-3-4-5-6-15-23-20(27(24)19-9-7-18(2)8-10-19)21(23)11-13-22(14-12-21)25-16-17-26-22/h7-10,20H,3-6,11-17H2,1-2H3. The largest absolute Gasteiger partial charge is 0.348 e. The predicted molar refractivity (Wildman–Crippen MR) is 108 cm³/mol. The predicted octanol–water partition coefficient (Wildman–Crippen LogP) is 4.38. The Bertz CT molecular complexity index is 659. The molecule has 4 rings (SSSR count). The monoisotopic (exact) mass is 391 g/mol. The third-order valence-corrected chi connectivity index (χ3v) is 8.48. The molecule has 0 radical (unpaired) electrons. The highest BCUT2D eigenvalue weighted by atomic mass is 32.2. The van der Waals surface area contributed by atoms with Crippen molar-refractivity contribution in [1.29, 1.82) is 0 Å². The number of nitrogens with zero attached hydrogens (tertiary/aromatic N) is 1. The molecule has 0 aromatic heterocycles. The first-order valence-electron chi connectivity index (χ1n) is 10.6. The van der Waals surface area contributed by atoms with E-state index in [0.717, 1.165) is 37.1 Å². The van der Waals surface area contributed by atoms with E-state index in [0.29, 0.717) is 13.2 Å². The molecule has 3 unspecified atom stereocenters. The molecular formula is C22H33NO3S. The van der Waals surface area contributed by atoms with Crippen LogP contribution in [0.1, 0.15) is 63.9 Å². The van der Waals surface area contributed by atoms with Crippen LogP contribution in [-0.2, 0) is 20.3 Å². The molecule has 2 saturated heterocycles. The Morgan fingerprint density at radius 1 is 1.04 bits per heavy atom. The molecular weight excluding hydrogens is 358 g/mol. The first kappa shape index (κ1) is 19.6. The number of rotatable bonds is 7. The summed E-state index contributed by atoms with van der Waals surface area (Å²) in [6.45, 7) is 6.82. The van der Waals surface area contributed by atoms with Crippen molar-refractivity contribution in [3.05, 3.63) is 29.8 Å². The maximum absolute atomic E-state index is 13.4. The normalized spacial score (nSPS) is 29.3. The zero-order valence-corrected chi connectivity index (χ0v) is 17.6. The van der Waals surface area contributed by atoms with Gasteiger partial charge in [0.05, 0.1) is 29.6 Å². The molecule has 3 atom stereocenters. The molecule has 2 aliphatic heterocycles. The van der Waals surface area contributed by atoms with Gasteiger partial charge in [-0.3, -0.25) is 9.11 Å². The summed E-state index contributed by atoms with van der Waals surface area (Å²) in [6, 6.07) is 8.23. The van der Waals surface area contributed by atoms with Gasteiger partial charge < -0.3 is 9.47 Å². The van der Waals surface area contributed by atoms with Crippen LogP contribution in [0.5, 0.6) is 0 Å². The second-order valence-electron chi connectivity index (χ2n) is 8.43. The van der Waals surface area contributed by atoms with Crippen LogP contribution in [0.15, 0.2) is 29.2 Å². The molecule has 2 spiro atoms. The van der Waals surface area contributed by atoms with E-state index in [4.69, 9.17) is 9.47 Å². The van der Waals surface area contributed by atoms with Crippen LogP contribution in [0.4, 0.5) is 0 Å². The van der Waals surface area contributed by atoms with Crippen LogP contribution in [0, 0.1) is 6.92 Å². The minimum Gasteiger partial charge on any atom is -0.348 e. The van der Waals surface area contributed by atoms with Gasteiger partial charge in [-0.05, 0) is 38.3 Å². The van der Waals surface area contributed by atoms with Gasteiger partial charge in [0.2, 0.25) is 0 Å². The fraction of sp³-hybridized carbons (Fsp3) is 0.727. The first-order chi connectivity index (χ1) is 13.1. The Morgan fingerprint density at radius 3 is 2.33 bits per heavy atom. The van der Waals surface area contributed by atoms with E-state index < -0.39 is 10.8 Å². The molecule has 2 heterocycles. The Balaban J connectivity index is 1.47. The lowest BCUT2D eigenvalue weighted by Gasteiger charge is -2.36. The molecule has 3 aliphatic rings. The van der Waals surface area contributed by atoms with Crippen molar-refractivity contribution in [2.75, 3.05) is 19.8 Å². The molecule has 0 bridgehead atoms. The second-order valence-corrected chi connectivity index (χ2v) is 9.94. The van der Waals surface area contributed by atoms with Gasteiger partial charge in [-0.2, -0.15) is 0 Å². The van der Waals surface area contributed by atoms with Crippen molar-refractivity contribution < 1.29 is 13.7 Å². The summed E-state index contributed by atoms with van der Waals surface area (Å²) in [5.41, 5.74) is 1.30. The first-order valence-corrected chi connectivity index (χ1v) is 11.8. The number of unbranched alkanes of at least 4 members (excludes halogenated alkanes) is 3. The lowest BCUT2D eigenvalue weighted by atomic mass is 9.84. The fourth-order valence-electron chi connectivity index (χ4n) is 4.95. The zero-order chi connectivity index (χ0) is 18.9. The van der Waals surface area contributed by atoms with Gasteiger partial charge in [-0.25, -0.2) is 0 Å². The molecule has 150 valence electrons. The van der Waals surface area contributed by atoms with E-state index in [1.165, 1.54) is 31.2 Å². The van der Waals surface area contributed by atoms with Crippen LogP contribution in [0.25, 0.3) is 0 Å². The lowest BCUT2D eigenvalue weighted by Crippen LogP contribution is -2.40. The van der Waals surface area contributed by atoms with E-state index in [-0.39, 0.29) is 16.7 Å². The molecule has 1 saturated carbocycles. The maximum atomic E-state index is 13.4. The number of benzene rings is 1. The van der Waals surface area contributed by atoms with Gasteiger partial charge in [-0.15, -0.1) is 0 Å². The summed E-state index contributed by atoms with van der Waals surface area (Å²) in [5, 5.41) is 0.153. The zero-order valence-electron chi connectivity index (χ0n) is 16.7. The minimum atomic E-state index is -0.975. The van der Waals surface area contributed by atoms with Crippen molar-refractivity contribution in [3.8, 4) is 0 Å². The van der Waals surface area contributed by atoms with Gasteiger partial charge in [-0.1, -0.05) is 43.9 Å². The molecule has 0 N–H and O–H groups in total. The summed E-state index contributed by atoms with van der Waals surface area (Å²) < 4.78 is 25.3. The quantitative estimate of drug-likeness (QED) is 0.511. The Kier molecular flexibility index (Phi) is 5.75. The second kappa shape index (κ2) is 7.94. The molecule has 1 aliphatic carbocycles. The highest BCUT2D eigenvalue weighted by Crippen LogP contribution is 2.56. The maximum Gasteiger partial charge on any atom is 0.168 e. The Hall–Kier alpha value is -0.750. The van der Waals surface area contributed by atoms with Crippen LogP contribution >= 0.6 is 0 Å². The number of aryl methyl sites for hydroxylation is 1. The van der Waals surface area contributed by atoms with Crippen molar-refractivity contribution in [2.24, 2.45) is 0 Å². The summed E-state index contributed by atoms with van der Waals surface area (Å²) >= 11 is 0. The van der Waals surface area contributed by atoms with Crippen LogP contribution in [0.2, 0.25) is 0 Å². The number of hydrogen-bond acceptors (Lipinski definition) is 4. The van der Waals surface area contributed by atoms with Crippen molar-refractivity contribution >= 4 is 10.8 Å². The molecule has 0 amide bonds. The van der Waals surface area contributed by atoms with Crippen LogP contribution < -0.4 is 0 Å². The molecule has 27 heavy (non-hydrogen) atoms. The Morgan fingerprint density at radius 2 is 1.70 bits per heavy atom. The van der Waals surface area contributed by atoms with E-state index in [2.05, 4.69) is 30.9 Å². The van der Waals surface area contributed by atoms with E-state index >= 15 is 0 Å². The van der Waals surface area contributed by atoms with Crippen molar-refractivity contribution in [3.63, 3.8) is 0 Å². The van der Waals surface area contributed by atoms with E-state index in [1.807, 2.05) is 12.1 Å². The Labute approximate surface area is 166 Å². The van der Waals surface area contributed by atoms with Gasteiger partial charge >= 0.3 is 0 Å². The smallest absolute Gasteiger partial charge is 0.168 e. The topological polar surface area (TPSA) is 38.5 Å². The van der Waals surface area contributed by atoms with Crippen LogP contribution in [0.3, 0.4) is 0 Å². The lowest BCUT2D eigenvalue weighted by molar-refractivity contribution is -0.181. The summed E-state index contributed by atoms with van der Waals surface area (Å²) in [5.74, 6) is -0.350. The fourth-order valence-corrected chi connectivity index (χ4v) is 6.87. The average Bonchev–Trinajstić information content (AvgIpc) is 3.04. The molecule has 3 fully saturated rings. The van der Waals surface area contributed by atoms with Crippen molar-refractivity contribution in [2.45, 2.75) is 86.8 Å². The van der Waals surface area contributed by atoms with Gasteiger partial charge in [0.15, 0.2) is 5.79 Å². The van der Waals surface area contributed by atoms with Gasteiger partial charge in [0.25, 0.3) is 0 Å². The van der Waals surface area contributed by atoms with Crippen molar-refractivity contribution in [1.82, 2.24) is 4.90 Å². The molecule has 4 nitrogen and oxygen atoms in total. The highest BCUT2D eigenvalue weighted by Gasteiger charge is 2.67. The molecule has 1 aromatic carbocycles. The number of ether oxygens (including phenoxy) is 2. The van der Waals surface area contributed by atoms with E-state index in [1.54, 1.807) is 0 Å². The summed E-state index contributed by atoms with van der Waals surface area (Å²) in [4.78, 5) is 3.51. The molecule has 1 aromatic rings. The highest BCUT2D eigenvalue weighted by molar-refractivity contribution is 7.86. The SMILES string of the molecule is CCCCCCN1C(S(=O)c2ccc(C)cc2)C12CCC1(CC2)OCCO1. The average molecular weight is 392 g/mol. The third-order valence-electron chi connectivity index (χ3n) is 6.65. The van der Waals surface area contributed by atoms with Crippen LogP contribution in [-0.4, -0.2) is 45.6 Å². The van der Waals surface area contributed by atoms with Gasteiger partial charge in [0, 0.05) is 24.3 Å². The van der Waals surface area contributed by atoms with E-state index in [9.17, 15) is 4.21 Å². The summed E-state index contributed by atoms with van der Waals surface area (Å²) in [7, 11) is -0.975. The third kappa shape index (κ3) is 3.76.